The van der Waals surface area contributed by atoms with Crippen LogP contribution in [0.4, 0.5) is 10.3 Å². The van der Waals surface area contributed by atoms with Gasteiger partial charge in [-0.25, -0.2) is 0 Å². The zero-order valence-corrected chi connectivity index (χ0v) is 21.1. The molecule has 9 heteroatoms. The monoisotopic (exact) mass is 492 g/mol. The van der Waals surface area contributed by atoms with Crippen LogP contribution in [0.1, 0.15) is 35.3 Å². The van der Waals surface area contributed by atoms with E-state index in [1.165, 1.54) is 16.9 Å². The molecule has 1 fully saturated rings. The molecule has 35 heavy (non-hydrogen) atoms. The second kappa shape index (κ2) is 11.9. The Hall–Kier alpha value is -3.30. The quantitative estimate of drug-likeness (QED) is 0.476. The first-order valence-corrected chi connectivity index (χ1v) is 12.8. The molecule has 0 aliphatic carbocycles. The Kier molecular flexibility index (Phi) is 8.44. The number of anilines is 2. The third-order valence-corrected chi connectivity index (χ3v) is 6.70. The summed E-state index contributed by atoms with van der Waals surface area (Å²) in [5, 5.41) is 15.6. The fourth-order valence-electron chi connectivity index (χ4n) is 3.85. The molecule has 4 rings (SSSR count). The van der Waals surface area contributed by atoms with Gasteiger partial charge in [-0.15, -0.1) is 10.2 Å². The molecule has 0 radical (unpaired) electrons. The van der Waals surface area contributed by atoms with E-state index in [1.54, 1.807) is 0 Å². The van der Waals surface area contributed by atoms with E-state index < -0.39 is 0 Å². The van der Waals surface area contributed by atoms with Crippen molar-refractivity contribution in [3.05, 3.63) is 71.3 Å². The van der Waals surface area contributed by atoms with E-state index in [0.29, 0.717) is 29.6 Å². The minimum Gasteiger partial charge on any atom is -0.352 e. The summed E-state index contributed by atoms with van der Waals surface area (Å²) in [5.74, 6) is 0.320. The summed E-state index contributed by atoms with van der Waals surface area (Å²) >= 11 is 1.41. The van der Waals surface area contributed by atoms with Gasteiger partial charge in [0.2, 0.25) is 16.2 Å². The number of rotatable bonds is 9. The van der Waals surface area contributed by atoms with E-state index in [1.807, 2.05) is 54.6 Å². The summed E-state index contributed by atoms with van der Waals surface area (Å²) < 4.78 is 0. The van der Waals surface area contributed by atoms with Gasteiger partial charge in [0, 0.05) is 44.8 Å². The summed E-state index contributed by atoms with van der Waals surface area (Å²) in [7, 11) is 0. The normalized spacial score (nSPS) is 14.2. The molecule has 2 amide bonds. The second-order valence-electron chi connectivity index (χ2n) is 9.16. The highest BCUT2D eigenvalue weighted by Crippen LogP contribution is 2.25. The van der Waals surface area contributed by atoms with Crippen LogP contribution in [0.3, 0.4) is 0 Å². The van der Waals surface area contributed by atoms with E-state index in [0.717, 1.165) is 43.4 Å². The van der Waals surface area contributed by atoms with Crippen LogP contribution in [0.15, 0.2) is 54.6 Å². The number of carbonyl (C=O) groups excluding carboxylic acids is 2. The summed E-state index contributed by atoms with van der Waals surface area (Å²) in [6.07, 6.45) is 0.317. The lowest BCUT2D eigenvalue weighted by Gasteiger charge is -2.34. The summed E-state index contributed by atoms with van der Waals surface area (Å²) in [6, 6.07) is 17.5. The van der Waals surface area contributed by atoms with E-state index in [-0.39, 0.29) is 11.8 Å². The van der Waals surface area contributed by atoms with Gasteiger partial charge in [0.15, 0.2) is 0 Å². The number of aromatic nitrogens is 2. The topological polar surface area (TPSA) is 90.5 Å². The van der Waals surface area contributed by atoms with E-state index in [4.69, 9.17) is 0 Å². The maximum Gasteiger partial charge on any atom is 0.251 e. The van der Waals surface area contributed by atoms with Crippen molar-refractivity contribution in [1.29, 1.82) is 0 Å². The van der Waals surface area contributed by atoms with Gasteiger partial charge in [0.25, 0.3) is 5.91 Å². The Balaban J connectivity index is 1.22. The highest BCUT2D eigenvalue weighted by Gasteiger charge is 2.21. The van der Waals surface area contributed by atoms with Crippen molar-refractivity contribution in [3.63, 3.8) is 0 Å². The van der Waals surface area contributed by atoms with Gasteiger partial charge in [-0.05, 0) is 29.2 Å². The second-order valence-corrected chi connectivity index (χ2v) is 10.1. The van der Waals surface area contributed by atoms with Crippen LogP contribution in [0, 0.1) is 5.92 Å². The SMILES string of the molecule is CC(C)CNC(=O)c1ccc(CN2CCN(c3nnc(NC(=O)Cc4ccccc4)s3)CC2)cc1. The van der Waals surface area contributed by atoms with Crippen molar-refractivity contribution in [2.75, 3.05) is 42.9 Å². The van der Waals surface area contributed by atoms with Crippen molar-refractivity contribution >= 4 is 33.4 Å². The largest absolute Gasteiger partial charge is 0.352 e. The molecule has 2 aromatic carbocycles. The third-order valence-electron chi connectivity index (χ3n) is 5.80. The number of nitrogens with one attached hydrogen (secondary N) is 2. The molecule has 0 saturated carbocycles. The van der Waals surface area contributed by atoms with Crippen LogP contribution < -0.4 is 15.5 Å². The fraction of sp³-hybridized carbons (Fsp3) is 0.385. The summed E-state index contributed by atoms with van der Waals surface area (Å²) in [5.41, 5.74) is 2.86. The number of hydrogen-bond acceptors (Lipinski definition) is 7. The molecule has 3 aromatic rings. The first-order chi connectivity index (χ1) is 17.0. The van der Waals surface area contributed by atoms with Crippen molar-refractivity contribution < 1.29 is 9.59 Å². The standard InChI is InChI=1S/C26H32N6O2S/c1-19(2)17-27-24(34)22-10-8-21(9-11-22)18-31-12-14-32(15-13-31)26-30-29-25(35-26)28-23(33)16-20-6-4-3-5-7-20/h3-11,19H,12-18H2,1-2H3,(H,27,34)(H,28,29,33). The lowest BCUT2D eigenvalue weighted by atomic mass is 10.1. The molecule has 1 aliphatic heterocycles. The Bertz CT molecular complexity index is 1110. The molecule has 2 heterocycles. The molecule has 1 saturated heterocycles. The van der Waals surface area contributed by atoms with Gasteiger partial charge in [0.05, 0.1) is 6.42 Å². The van der Waals surface area contributed by atoms with Crippen molar-refractivity contribution in [2.24, 2.45) is 5.92 Å². The smallest absolute Gasteiger partial charge is 0.251 e. The van der Waals surface area contributed by atoms with Crippen LogP contribution in [-0.4, -0.2) is 59.6 Å². The molecule has 8 nitrogen and oxygen atoms in total. The lowest BCUT2D eigenvalue weighted by molar-refractivity contribution is -0.115. The molecule has 1 aromatic heterocycles. The maximum absolute atomic E-state index is 12.3. The zero-order valence-electron chi connectivity index (χ0n) is 20.2. The predicted molar refractivity (Wildman–Crippen MR) is 140 cm³/mol. The Labute approximate surface area is 210 Å². The van der Waals surface area contributed by atoms with Gasteiger partial charge in [-0.2, -0.15) is 0 Å². The van der Waals surface area contributed by atoms with Crippen molar-refractivity contribution in [3.8, 4) is 0 Å². The number of carbonyl (C=O) groups is 2. The molecular weight excluding hydrogens is 460 g/mol. The number of nitrogens with zero attached hydrogens (tertiary/aromatic N) is 4. The van der Waals surface area contributed by atoms with E-state index >= 15 is 0 Å². The predicted octanol–water partition coefficient (Wildman–Crippen LogP) is 3.43. The molecule has 0 spiro atoms. The fourth-order valence-corrected chi connectivity index (χ4v) is 4.67. The summed E-state index contributed by atoms with van der Waals surface area (Å²) in [4.78, 5) is 29.1. The number of piperazine rings is 1. The van der Waals surface area contributed by atoms with Crippen molar-refractivity contribution in [2.45, 2.75) is 26.8 Å². The van der Waals surface area contributed by atoms with Gasteiger partial charge >= 0.3 is 0 Å². The minimum atomic E-state index is -0.0906. The first kappa shape index (κ1) is 24.8. The molecule has 0 unspecified atom stereocenters. The molecule has 0 atom stereocenters. The van der Waals surface area contributed by atoms with Crippen LogP contribution in [0.5, 0.6) is 0 Å². The molecule has 2 N–H and O–H groups in total. The highest BCUT2D eigenvalue weighted by molar-refractivity contribution is 7.19. The van der Waals surface area contributed by atoms with E-state index in [9.17, 15) is 9.59 Å². The summed E-state index contributed by atoms with van der Waals surface area (Å²) in [6.45, 7) is 9.21. The molecule has 0 bridgehead atoms. The third kappa shape index (κ3) is 7.34. The molecular formula is C26H32N6O2S. The zero-order chi connectivity index (χ0) is 24.6. The molecule has 1 aliphatic rings. The van der Waals surface area contributed by atoms with Crippen LogP contribution in [0.2, 0.25) is 0 Å². The van der Waals surface area contributed by atoms with Crippen LogP contribution >= 0.6 is 11.3 Å². The first-order valence-electron chi connectivity index (χ1n) is 12.0. The average Bonchev–Trinajstić information content (AvgIpc) is 3.32. The lowest BCUT2D eigenvalue weighted by Crippen LogP contribution is -2.45. The number of hydrogen-bond donors (Lipinski definition) is 2. The van der Waals surface area contributed by atoms with E-state index in [2.05, 4.69) is 44.5 Å². The van der Waals surface area contributed by atoms with Gasteiger partial charge in [-0.1, -0.05) is 67.6 Å². The maximum atomic E-state index is 12.3. The number of benzene rings is 2. The van der Waals surface area contributed by atoms with Crippen molar-refractivity contribution in [1.82, 2.24) is 20.4 Å². The Morgan fingerprint density at radius 1 is 0.943 bits per heavy atom. The number of amides is 2. The Morgan fingerprint density at radius 3 is 2.34 bits per heavy atom. The highest BCUT2D eigenvalue weighted by atomic mass is 32.1. The van der Waals surface area contributed by atoms with Gasteiger partial charge in [0.1, 0.15) is 0 Å². The average molecular weight is 493 g/mol. The van der Waals surface area contributed by atoms with Gasteiger partial charge in [-0.3, -0.25) is 14.5 Å². The van der Waals surface area contributed by atoms with Gasteiger partial charge < -0.3 is 15.5 Å². The minimum absolute atomic E-state index is 0.0217. The Morgan fingerprint density at radius 2 is 1.66 bits per heavy atom. The van der Waals surface area contributed by atoms with Crippen LogP contribution in [0.25, 0.3) is 0 Å². The molecule has 184 valence electrons. The van der Waals surface area contributed by atoms with Crippen LogP contribution in [-0.2, 0) is 17.8 Å².